The molecule has 0 aliphatic carbocycles. The van der Waals surface area contributed by atoms with Gasteiger partial charge in [-0.1, -0.05) is 6.92 Å². The van der Waals surface area contributed by atoms with Crippen LogP contribution in [-0.2, 0) is 15.9 Å². The Balaban J connectivity index is 2.39. The molecular formula is C14H23ClN2O2S. The Hall–Kier alpha value is -0.520. The van der Waals surface area contributed by atoms with Crippen LogP contribution >= 0.6 is 11.6 Å². The van der Waals surface area contributed by atoms with Gasteiger partial charge in [0.05, 0.1) is 5.88 Å². The molecule has 6 heteroatoms. The summed E-state index contributed by atoms with van der Waals surface area (Å²) in [6.45, 7) is 6.72. The number of hydrogen-bond acceptors (Lipinski definition) is 2. The number of halogens is 1. The van der Waals surface area contributed by atoms with Gasteiger partial charge in [0, 0.05) is 30.5 Å². The molecule has 0 N–H and O–H groups in total. The van der Waals surface area contributed by atoms with E-state index in [-0.39, 0.29) is 12.1 Å². The molecular weight excluding hydrogens is 296 g/mol. The van der Waals surface area contributed by atoms with Gasteiger partial charge in [0.15, 0.2) is 0 Å². The Kier molecular flexibility index (Phi) is 4.82. The zero-order valence-electron chi connectivity index (χ0n) is 12.3. The molecule has 4 nitrogen and oxygen atoms in total. The van der Waals surface area contributed by atoms with Gasteiger partial charge >= 0.3 is 0 Å². The van der Waals surface area contributed by atoms with Crippen molar-refractivity contribution >= 4 is 21.6 Å². The Morgan fingerprint density at radius 3 is 2.65 bits per heavy atom. The number of hydrogen-bond donors (Lipinski definition) is 0. The number of alkyl halides is 1. The average Bonchev–Trinajstić information content (AvgIpc) is 3.05. The summed E-state index contributed by atoms with van der Waals surface area (Å²) in [5.74, 6) is 0.324. The first-order valence-electron chi connectivity index (χ1n) is 7.20. The molecule has 1 aliphatic rings. The molecule has 1 aromatic rings. The first-order chi connectivity index (χ1) is 9.41. The quantitative estimate of drug-likeness (QED) is 0.781. The SMILES string of the molecule is CCC1CCCN1S(=O)(=O)c1cc(CCl)n(C(C)C)c1. The summed E-state index contributed by atoms with van der Waals surface area (Å²) >= 11 is 5.93. The predicted octanol–water partition coefficient (Wildman–Crippen LogP) is 3.37. The van der Waals surface area contributed by atoms with Gasteiger partial charge in [-0.3, -0.25) is 0 Å². The fraction of sp³-hybridized carbons (Fsp3) is 0.714. The fourth-order valence-electron chi connectivity index (χ4n) is 2.89. The van der Waals surface area contributed by atoms with Gasteiger partial charge in [0.25, 0.3) is 0 Å². The second-order valence-corrected chi connectivity index (χ2v) is 7.78. The number of nitrogens with zero attached hydrogens (tertiary/aromatic N) is 2. The largest absolute Gasteiger partial charge is 0.346 e. The van der Waals surface area contributed by atoms with Crippen LogP contribution in [0.25, 0.3) is 0 Å². The molecule has 2 heterocycles. The third-order valence-electron chi connectivity index (χ3n) is 4.00. The van der Waals surface area contributed by atoms with E-state index in [4.69, 9.17) is 11.6 Å². The van der Waals surface area contributed by atoms with E-state index in [0.717, 1.165) is 25.0 Å². The Labute approximate surface area is 126 Å². The lowest BCUT2D eigenvalue weighted by atomic mass is 10.2. The second-order valence-electron chi connectivity index (χ2n) is 5.62. The van der Waals surface area contributed by atoms with E-state index in [2.05, 4.69) is 0 Å². The molecule has 1 atom stereocenters. The van der Waals surface area contributed by atoms with Crippen LogP contribution in [0.2, 0.25) is 0 Å². The van der Waals surface area contributed by atoms with Gasteiger partial charge in [-0.05, 0) is 39.2 Å². The monoisotopic (exact) mass is 318 g/mol. The van der Waals surface area contributed by atoms with E-state index >= 15 is 0 Å². The highest BCUT2D eigenvalue weighted by Gasteiger charge is 2.35. The lowest BCUT2D eigenvalue weighted by Gasteiger charge is -2.22. The standard InChI is InChI=1S/C14H23ClN2O2S/c1-4-12-6-5-7-17(12)20(18,19)14-8-13(9-15)16(10-14)11(2)3/h8,10-12H,4-7,9H2,1-3H3. The zero-order valence-corrected chi connectivity index (χ0v) is 13.9. The highest BCUT2D eigenvalue weighted by atomic mass is 35.5. The van der Waals surface area contributed by atoms with Crippen molar-refractivity contribution in [3.8, 4) is 0 Å². The van der Waals surface area contributed by atoms with Crippen LogP contribution in [0.15, 0.2) is 17.2 Å². The van der Waals surface area contributed by atoms with Crippen LogP contribution in [0.5, 0.6) is 0 Å². The molecule has 0 bridgehead atoms. The van der Waals surface area contributed by atoms with Gasteiger partial charge in [-0.15, -0.1) is 11.6 Å². The summed E-state index contributed by atoms with van der Waals surface area (Å²) in [7, 11) is -3.39. The highest BCUT2D eigenvalue weighted by molar-refractivity contribution is 7.89. The summed E-state index contributed by atoms with van der Waals surface area (Å²) in [4.78, 5) is 0.377. The van der Waals surface area contributed by atoms with Gasteiger partial charge in [-0.2, -0.15) is 4.31 Å². The predicted molar refractivity (Wildman–Crippen MR) is 81.6 cm³/mol. The van der Waals surface area contributed by atoms with Crippen LogP contribution < -0.4 is 0 Å². The van der Waals surface area contributed by atoms with Crippen molar-refractivity contribution in [1.82, 2.24) is 8.87 Å². The third kappa shape index (κ3) is 2.76. The fourth-order valence-corrected chi connectivity index (χ4v) is 4.93. The smallest absolute Gasteiger partial charge is 0.244 e. The maximum atomic E-state index is 12.8. The lowest BCUT2D eigenvalue weighted by Crippen LogP contribution is -2.34. The highest BCUT2D eigenvalue weighted by Crippen LogP contribution is 2.29. The number of aromatic nitrogens is 1. The number of sulfonamides is 1. The second kappa shape index (κ2) is 6.08. The van der Waals surface area contributed by atoms with E-state index in [1.165, 1.54) is 0 Å². The molecule has 2 rings (SSSR count). The summed E-state index contributed by atoms with van der Waals surface area (Å²) in [6.07, 6.45) is 4.50. The zero-order chi connectivity index (χ0) is 14.9. The Morgan fingerprint density at radius 2 is 2.15 bits per heavy atom. The van der Waals surface area contributed by atoms with E-state index < -0.39 is 10.0 Å². The molecule has 1 fully saturated rings. The summed E-state index contributed by atoms with van der Waals surface area (Å²) in [5.41, 5.74) is 0.854. The van der Waals surface area contributed by atoms with E-state index in [9.17, 15) is 8.42 Å². The minimum absolute atomic E-state index is 0.141. The van der Waals surface area contributed by atoms with E-state index in [0.29, 0.717) is 17.3 Å². The first-order valence-corrected chi connectivity index (χ1v) is 9.17. The van der Waals surface area contributed by atoms with Crippen molar-refractivity contribution in [2.45, 2.75) is 62.9 Å². The minimum Gasteiger partial charge on any atom is -0.346 e. The van der Waals surface area contributed by atoms with Gasteiger partial charge in [0.1, 0.15) is 4.90 Å². The van der Waals surface area contributed by atoms with Crippen LogP contribution in [0.4, 0.5) is 0 Å². The average molecular weight is 319 g/mol. The lowest BCUT2D eigenvalue weighted by molar-refractivity contribution is 0.379. The maximum Gasteiger partial charge on any atom is 0.244 e. The van der Waals surface area contributed by atoms with Crippen molar-refractivity contribution in [2.24, 2.45) is 0 Å². The molecule has 0 aromatic carbocycles. The van der Waals surface area contributed by atoms with Crippen molar-refractivity contribution < 1.29 is 8.42 Å². The Morgan fingerprint density at radius 1 is 1.45 bits per heavy atom. The summed E-state index contributed by atoms with van der Waals surface area (Å²) in [6, 6.07) is 2.06. The van der Waals surface area contributed by atoms with Crippen LogP contribution in [0.1, 0.15) is 51.8 Å². The molecule has 0 amide bonds. The molecule has 0 spiro atoms. The third-order valence-corrected chi connectivity index (χ3v) is 6.19. The first kappa shape index (κ1) is 15.9. The minimum atomic E-state index is -3.39. The van der Waals surface area contributed by atoms with Crippen molar-refractivity contribution in [3.05, 3.63) is 18.0 Å². The summed E-state index contributed by atoms with van der Waals surface area (Å²) in [5, 5.41) is 0. The molecule has 1 unspecified atom stereocenters. The maximum absolute atomic E-state index is 12.8. The van der Waals surface area contributed by atoms with Crippen LogP contribution in [0.3, 0.4) is 0 Å². The normalized spacial score (nSPS) is 20.9. The molecule has 1 saturated heterocycles. The Bertz CT molecular complexity index is 566. The number of rotatable bonds is 5. The van der Waals surface area contributed by atoms with Crippen molar-refractivity contribution in [1.29, 1.82) is 0 Å². The van der Waals surface area contributed by atoms with Crippen molar-refractivity contribution in [3.63, 3.8) is 0 Å². The molecule has 20 heavy (non-hydrogen) atoms. The molecule has 1 aromatic heterocycles. The van der Waals surface area contributed by atoms with E-state index in [1.807, 2.05) is 25.3 Å². The molecule has 114 valence electrons. The van der Waals surface area contributed by atoms with Gasteiger partial charge in [0.2, 0.25) is 10.0 Å². The van der Waals surface area contributed by atoms with Gasteiger partial charge < -0.3 is 4.57 Å². The molecule has 0 radical (unpaired) electrons. The molecule has 1 aliphatic heterocycles. The van der Waals surface area contributed by atoms with Crippen molar-refractivity contribution in [2.75, 3.05) is 6.54 Å². The molecule has 0 saturated carbocycles. The van der Waals surface area contributed by atoms with Crippen LogP contribution in [0, 0.1) is 0 Å². The summed E-state index contributed by atoms with van der Waals surface area (Å²) < 4.78 is 29.2. The topological polar surface area (TPSA) is 42.3 Å². The van der Waals surface area contributed by atoms with Crippen LogP contribution in [-0.4, -0.2) is 29.9 Å². The van der Waals surface area contributed by atoms with E-state index in [1.54, 1.807) is 16.6 Å². The van der Waals surface area contributed by atoms with Gasteiger partial charge in [-0.25, -0.2) is 8.42 Å².